The van der Waals surface area contributed by atoms with E-state index < -0.39 is 28.8 Å². The maximum Gasteiger partial charge on any atom is 0.416 e. The molecule has 5 nitrogen and oxygen atoms in total. The molecule has 0 radical (unpaired) electrons. The van der Waals surface area contributed by atoms with E-state index in [2.05, 4.69) is 4.98 Å². The van der Waals surface area contributed by atoms with Crippen molar-refractivity contribution in [2.24, 2.45) is 0 Å². The Morgan fingerprint density at radius 2 is 1.89 bits per heavy atom. The molecule has 2 amide bonds. The van der Waals surface area contributed by atoms with Crippen LogP contribution in [0.15, 0.2) is 58.2 Å². The average molecular weight is 392 g/mol. The summed E-state index contributed by atoms with van der Waals surface area (Å²) in [7, 11) is 0. The molecule has 3 aromatic rings. The van der Waals surface area contributed by atoms with Crippen LogP contribution in [0.2, 0.25) is 0 Å². The van der Waals surface area contributed by atoms with Gasteiger partial charge < -0.3 is 4.42 Å². The SMILES string of the molecule is O=C1C[C@@H](Sc2nc3ccccc3o2)C(=O)N1c1cccc(C(F)(F)F)c1. The van der Waals surface area contributed by atoms with Crippen LogP contribution in [0.5, 0.6) is 0 Å². The first-order valence-electron chi connectivity index (χ1n) is 7.89. The summed E-state index contributed by atoms with van der Waals surface area (Å²) in [6.07, 6.45) is -4.70. The number of carbonyl (C=O) groups excluding carboxylic acids is 2. The summed E-state index contributed by atoms with van der Waals surface area (Å²) >= 11 is 0.985. The number of alkyl halides is 3. The number of thioether (sulfide) groups is 1. The zero-order chi connectivity index (χ0) is 19.2. The van der Waals surface area contributed by atoms with Crippen LogP contribution in [-0.4, -0.2) is 22.0 Å². The molecule has 0 bridgehead atoms. The first-order chi connectivity index (χ1) is 12.8. The highest BCUT2D eigenvalue weighted by Crippen LogP contribution is 2.37. The fourth-order valence-corrected chi connectivity index (χ4v) is 3.78. The number of anilines is 1. The maximum absolute atomic E-state index is 12.9. The lowest BCUT2D eigenvalue weighted by Crippen LogP contribution is -2.31. The van der Waals surface area contributed by atoms with Crippen LogP contribution in [0.25, 0.3) is 11.1 Å². The number of carbonyl (C=O) groups is 2. The second-order valence-corrected chi connectivity index (χ2v) is 7.03. The summed E-state index contributed by atoms with van der Waals surface area (Å²) in [6.45, 7) is 0. The number of benzene rings is 2. The highest BCUT2D eigenvalue weighted by atomic mass is 32.2. The molecular formula is C18H11F3N2O3S. The van der Waals surface area contributed by atoms with Crippen LogP contribution in [0.1, 0.15) is 12.0 Å². The summed E-state index contributed by atoms with van der Waals surface area (Å²) in [5.74, 6) is -1.15. The molecule has 1 atom stereocenters. The zero-order valence-electron chi connectivity index (χ0n) is 13.6. The van der Waals surface area contributed by atoms with Crippen molar-refractivity contribution in [2.75, 3.05) is 4.90 Å². The monoisotopic (exact) mass is 392 g/mol. The Kier molecular flexibility index (Phi) is 4.18. The van der Waals surface area contributed by atoms with Gasteiger partial charge in [0.1, 0.15) is 10.8 Å². The molecule has 2 heterocycles. The van der Waals surface area contributed by atoms with E-state index in [1.807, 2.05) is 0 Å². The molecule has 1 fully saturated rings. The van der Waals surface area contributed by atoms with Crippen LogP contribution in [0, 0.1) is 0 Å². The minimum Gasteiger partial charge on any atom is -0.431 e. The van der Waals surface area contributed by atoms with Crippen molar-refractivity contribution in [2.45, 2.75) is 23.1 Å². The van der Waals surface area contributed by atoms with Gasteiger partial charge in [-0.2, -0.15) is 13.2 Å². The second kappa shape index (κ2) is 6.41. The number of rotatable bonds is 3. The molecular weight excluding hydrogens is 381 g/mol. The molecule has 1 aliphatic rings. The van der Waals surface area contributed by atoms with E-state index >= 15 is 0 Å². The van der Waals surface area contributed by atoms with Gasteiger partial charge in [0.05, 0.1) is 11.3 Å². The molecule has 27 heavy (non-hydrogen) atoms. The number of imide groups is 1. The molecule has 0 aliphatic carbocycles. The standard InChI is InChI=1S/C18H11F3N2O3S/c19-18(20,21)10-4-3-5-11(8-10)23-15(24)9-14(16(23)25)27-17-22-12-6-1-2-7-13(12)26-17/h1-8,14H,9H2/t14-/m1/s1. The van der Waals surface area contributed by atoms with Gasteiger partial charge in [0.2, 0.25) is 11.8 Å². The summed E-state index contributed by atoms with van der Waals surface area (Å²) in [5, 5.41) is -0.576. The fraction of sp³-hybridized carbons (Fsp3) is 0.167. The summed E-state index contributed by atoms with van der Waals surface area (Å²) in [4.78, 5) is 29.9. The Balaban J connectivity index is 1.58. The largest absolute Gasteiger partial charge is 0.431 e. The third-order valence-electron chi connectivity index (χ3n) is 4.05. The van der Waals surface area contributed by atoms with Gasteiger partial charge in [-0.05, 0) is 30.3 Å². The quantitative estimate of drug-likeness (QED) is 0.623. The van der Waals surface area contributed by atoms with Crippen molar-refractivity contribution in [3.63, 3.8) is 0 Å². The van der Waals surface area contributed by atoms with E-state index in [1.54, 1.807) is 24.3 Å². The molecule has 0 N–H and O–H groups in total. The number of para-hydroxylation sites is 2. The summed E-state index contributed by atoms with van der Waals surface area (Å²) in [5.41, 5.74) is 0.147. The van der Waals surface area contributed by atoms with E-state index in [9.17, 15) is 22.8 Å². The molecule has 0 spiro atoms. The molecule has 4 rings (SSSR count). The average Bonchev–Trinajstić information content (AvgIpc) is 3.14. The number of fused-ring (bicyclic) bond motifs is 1. The summed E-state index contributed by atoms with van der Waals surface area (Å²) < 4.78 is 44.2. The van der Waals surface area contributed by atoms with Gasteiger partial charge in [0.15, 0.2) is 5.58 Å². The van der Waals surface area contributed by atoms with Gasteiger partial charge in [0, 0.05) is 6.42 Å². The fourth-order valence-electron chi connectivity index (χ4n) is 2.81. The normalized spacial score (nSPS) is 17.9. The van der Waals surface area contributed by atoms with Crippen molar-refractivity contribution in [3.05, 3.63) is 54.1 Å². The Labute approximate surface area is 155 Å². The van der Waals surface area contributed by atoms with Crippen molar-refractivity contribution < 1.29 is 27.2 Å². The van der Waals surface area contributed by atoms with E-state index in [-0.39, 0.29) is 17.3 Å². The van der Waals surface area contributed by atoms with E-state index in [0.29, 0.717) is 11.1 Å². The molecule has 1 aliphatic heterocycles. The third-order valence-corrected chi connectivity index (χ3v) is 5.08. The Morgan fingerprint density at radius 1 is 1.11 bits per heavy atom. The predicted octanol–water partition coefficient (Wildman–Crippen LogP) is 4.27. The number of oxazole rings is 1. The summed E-state index contributed by atoms with van der Waals surface area (Å²) in [6, 6.07) is 11.2. The number of halogens is 3. The zero-order valence-corrected chi connectivity index (χ0v) is 14.4. The van der Waals surface area contributed by atoms with Gasteiger partial charge >= 0.3 is 6.18 Å². The number of amides is 2. The van der Waals surface area contributed by atoms with E-state index in [0.717, 1.165) is 28.8 Å². The molecule has 0 saturated carbocycles. The number of hydrogen-bond acceptors (Lipinski definition) is 5. The highest BCUT2D eigenvalue weighted by molar-refractivity contribution is 8.00. The van der Waals surface area contributed by atoms with Crippen molar-refractivity contribution in [1.82, 2.24) is 4.98 Å². The second-order valence-electron chi connectivity index (χ2n) is 5.87. The smallest absolute Gasteiger partial charge is 0.416 e. The van der Waals surface area contributed by atoms with Crippen LogP contribution >= 0.6 is 11.8 Å². The van der Waals surface area contributed by atoms with Crippen LogP contribution in [0.3, 0.4) is 0 Å². The lowest BCUT2D eigenvalue weighted by atomic mass is 10.2. The van der Waals surface area contributed by atoms with Gasteiger partial charge in [-0.3, -0.25) is 9.59 Å². The molecule has 138 valence electrons. The Hall–Kier alpha value is -2.81. The maximum atomic E-state index is 12.9. The number of nitrogens with zero attached hydrogens (tertiary/aromatic N) is 2. The van der Waals surface area contributed by atoms with Crippen LogP contribution in [0.4, 0.5) is 18.9 Å². The first-order valence-corrected chi connectivity index (χ1v) is 8.77. The predicted molar refractivity (Wildman–Crippen MR) is 92.2 cm³/mol. The highest BCUT2D eigenvalue weighted by Gasteiger charge is 2.42. The van der Waals surface area contributed by atoms with Crippen LogP contribution < -0.4 is 4.90 Å². The van der Waals surface area contributed by atoms with Crippen molar-refractivity contribution in [3.8, 4) is 0 Å². The topological polar surface area (TPSA) is 63.4 Å². The Morgan fingerprint density at radius 3 is 2.63 bits per heavy atom. The molecule has 0 unspecified atom stereocenters. The Bertz CT molecular complexity index is 1010. The molecule has 1 aromatic heterocycles. The van der Waals surface area contributed by atoms with Gasteiger partial charge in [0.25, 0.3) is 5.22 Å². The van der Waals surface area contributed by atoms with E-state index in [4.69, 9.17) is 4.42 Å². The van der Waals surface area contributed by atoms with Gasteiger partial charge in [-0.1, -0.05) is 30.0 Å². The minimum atomic E-state index is -4.56. The lowest BCUT2D eigenvalue weighted by molar-refractivity contribution is -0.137. The number of hydrogen-bond donors (Lipinski definition) is 0. The van der Waals surface area contributed by atoms with Crippen LogP contribution in [-0.2, 0) is 15.8 Å². The lowest BCUT2D eigenvalue weighted by Gasteiger charge is -2.16. The van der Waals surface area contributed by atoms with Gasteiger partial charge in [-0.15, -0.1) is 0 Å². The number of aromatic nitrogens is 1. The van der Waals surface area contributed by atoms with Gasteiger partial charge in [-0.25, -0.2) is 9.88 Å². The molecule has 2 aromatic carbocycles. The molecule has 9 heteroatoms. The van der Waals surface area contributed by atoms with Crippen molar-refractivity contribution in [1.29, 1.82) is 0 Å². The van der Waals surface area contributed by atoms with E-state index in [1.165, 1.54) is 12.1 Å². The minimum absolute atomic E-state index is 0.0968. The van der Waals surface area contributed by atoms with Crippen molar-refractivity contribution >= 4 is 40.4 Å². The molecule has 1 saturated heterocycles. The third kappa shape index (κ3) is 3.30. The first kappa shape index (κ1) is 17.6.